The molecule has 8 nitrogen and oxygen atoms in total. The van der Waals surface area contributed by atoms with Crippen LogP contribution >= 0.6 is 0 Å². The Labute approximate surface area is 134 Å². The van der Waals surface area contributed by atoms with Crippen molar-refractivity contribution in [1.29, 1.82) is 0 Å². The number of H-pyrrole nitrogens is 2. The molecule has 0 saturated carbocycles. The van der Waals surface area contributed by atoms with Crippen molar-refractivity contribution in [3.8, 4) is 0 Å². The van der Waals surface area contributed by atoms with Gasteiger partial charge in [-0.15, -0.1) is 0 Å². The van der Waals surface area contributed by atoms with Gasteiger partial charge in [0, 0.05) is 36.7 Å². The zero-order valence-corrected chi connectivity index (χ0v) is 13.1. The van der Waals surface area contributed by atoms with Crippen LogP contribution in [0.25, 0.3) is 0 Å². The van der Waals surface area contributed by atoms with Crippen molar-refractivity contribution in [2.45, 2.75) is 25.7 Å². The first-order chi connectivity index (χ1) is 11.0. The van der Waals surface area contributed by atoms with E-state index in [1.807, 2.05) is 9.80 Å². The van der Waals surface area contributed by atoms with Gasteiger partial charge in [0.2, 0.25) is 11.8 Å². The number of piperidine rings is 1. The topological polar surface area (TPSA) is 115 Å². The van der Waals surface area contributed by atoms with Crippen LogP contribution in [0.4, 0.5) is 0 Å². The molecule has 0 unspecified atom stereocenters. The molecule has 8 heteroatoms. The summed E-state index contributed by atoms with van der Waals surface area (Å²) in [4.78, 5) is 39.2. The van der Waals surface area contributed by atoms with E-state index in [9.17, 15) is 14.4 Å². The Bertz CT molecular complexity index is 642. The number of amides is 2. The summed E-state index contributed by atoms with van der Waals surface area (Å²) in [5.74, 6) is -0.146. The van der Waals surface area contributed by atoms with Crippen LogP contribution in [0.1, 0.15) is 24.1 Å². The van der Waals surface area contributed by atoms with Crippen molar-refractivity contribution in [3.05, 3.63) is 21.6 Å². The number of aromatic amines is 2. The molecular weight excluding hydrogens is 298 g/mol. The minimum Gasteiger partial charge on any atom is -0.369 e. The van der Waals surface area contributed by atoms with Crippen molar-refractivity contribution in [3.63, 3.8) is 0 Å². The van der Waals surface area contributed by atoms with Gasteiger partial charge < -0.3 is 15.7 Å². The van der Waals surface area contributed by atoms with Crippen LogP contribution in [0.5, 0.6) is 0 Å². The SMILES string of the molecule is NC(=O)CN1CCC(C(=O)N2CCc3[nH][nH]c(=O)c3CC2)CC1. The number of hydrogen-bond acceptors (Lipinski definition) is 4. The molecule has 0 bridgehead atoms. The molecule has 3 heterocycles. The first kappa shape index (κ1) is 15.8. The Balaban J connectivity index is 1.55. The van der Waals surface area contributed by atoms with Gasteiger partial charge in [-0.05, 0) is 32.4 Å². The normalized spacial score (nSPS) is 20.1. The number of hydrogen-bond donors (Lipinski definition) is 3. The van der Waals surface area contributed by atoms with Gasteiger partial charge in [-0.2, -0.15) is 0 Å². The highest BCUT2D eigenvalue weighted by Crippen LogP contribution is 2.21. The molecule has 126 valence electrons. The Hall–Kier alpha value is -2.09. The molecule has 1 saturated heterocycles. The van der Waals surface area contributed by atoms with Gasteiger partial charge in [0.15, 0.2) is 0 Å². The Morgan fingerprint density at radius 2 is 1.78 bits per heavy atom. The minimum absolute atomic E-state index is 0.00820. The first-order valence-electron chi connectivity index (χ1n) is 8.12. The maximum atomic E-state index is 12.7. The predicted octanol–water partition coefficient (Wildman–Crippen LogP) is -1.17. The summed E-state index contributed by atoms with van der Waals surface area (Å²) in [5.41, 5.74) is 6.83. The predicted molar refractivity (Wildman–Crippen MR) is 83.8 cm³/mol. The molecule has 2 aliphatic heterocycles. The Morgan fingerprint density at radius 1 is 1.09 bits per heavy atom. The molecule has 0 spiro atoms. The summed E-state index contributed by atoms with van der Waals surface area (Å²) in [6, 6.07) is 0. The smallest absolute Gasteiger partial charge is 0.267 e. The highest BCUT2D eigenvalue weighted by molar-refractivity contribution is 5.79. The lowest BCUT2D eigenvalue weighted by Gasteiger charge is -2.33. The average Bonchev–Trinajstić information content (AvgIpc) is 2.75. The lowest BCUT2D eigenvalue weighted by Crippen LogP contribution is -2.45. The summed E-state index contributed by atoms with van der Waals surface area (Å²) in [6.45, 7) is 2.95. The van der Waals surface area contributed by atoms with E-state index in [1.165, 1.54) is 0 Å². The van der Waals surface area contributed by atoms with Crippen molar-refractivity contribution in [1.82, 2.24) is 20.0 Å². The van der Waals surface area contributed by atoms with E-state index in [1.54, 1.807) is 0 Å². The molecule has 0 aliphatic carbocycles. The van der Waals surface area contributed by atoms with E-state index in [4.69, 9.17) is 5.73 Å². The van der Waals surface area contributed by atoms with E-state index in [0.717, 1.165) is 37.2 Å². The van der Waals surface area contributed by atoms with Gasteiger partial charge in [0.25, 0.3) is 5.56 Å². The lowest BCUT2D eigenvalue weighted by atomic mass is 9.95. The van der Waals surface area contributed by atoms with Crippen molar-refractivity contribution >= 4 is 11.8 Å². The maximum absolute atomic E-state index is 12.7. The number of likely N-dealkylation sites (tertiary alicyclic amines) is 1. The summed E-state index contributed by atoms with van der Waals surface area (Å²) in [5, 5.41) is 5.51. The Kier molecular flexibility index (Phi) is 4.51. The molecule has 4 N–H and O–H groups in total. The number of nitrogens with zero attached hydrogens (tertiary/aromatic N) is 2. The second kappa shape index (κ2) is 6.57. The fourth-order valence-corrected chi connectivity index (χ4v) is 3.54. The zero-order chi connectivity index (χ0) is 16.4. The third-order valence-electron chi connectivity index (χ3n) is 4.86. The third-order valence-corrected chi connectivity index (χ3v) is 4.86. The number of rotatable bonds is 3. The van der Waals surface area contributed by atoms with Gasteiger partial charge >= 0.3 is 0 Å². The van der Waals surface area contributed by atoms with Crippen LogP contribution < -0.4 is 11.3 Å². The van der Waals surface area contributed by atoms with E-state index in [2.05, 4.69) is 10.2 Å². The first-order valence-corrected chi connectivity index (χ1v) is 8.12. The lowest BCUT2D eigenvalue weighted by molar-refractivity contribution is -0.137. The molecule has 23 heavy (non-hydrogen) atoms. The summed E-state index contributed by atoms with van der Waals surface area (Å²) in [6.07, 6.45) is 2.80. The quantitative estimate of drug-likeness (QED) is 0.650. The highest BCUT2D eigenvalue weighted by Gasteiger charge is 2.30. The zero-order valence-electron chi connectivity index (χ0n) is 13.1. The second-order valence-electron chi connectivity index (χ2n) is 6.38. The Morgan fingerprint density at radius 3 is 2.48 bits per heavy atom. The number of carbonyl (C=O) groups excluding carboxylic acids is 2. The number of fused-ring (bicyclic) bond motifs is 1. The van der Waals surface area contributed by atoms with Crippen LogP contribution in [-0.2, 0) is 22.4 Å². The third kappa shape index (κ3) is 3.47. The van der Waals surface area contributed by atoms with Gasteiger partial charge in [-0.25, -0.2) is 0 Å². The van der Waals surface area contributed by atoms with Crippen LogP contribution in [0.15, 0.2) is 4.79 Å². The van der Waals surface area contributed by atoms with Crippen LogP contribution in [0, 0.1) is 5.92 Å². The fourth-order valence-electron chi connectivity index (χ4n) is 3.54. The summed E-state index contributed by atoms with van der Waals surface area (Å²) in [7, 11) is 0. The van der Waals surface area contributed by atoms with Gasteiger partial charge in [0.05, 0.1) is 6.54 Å². The maximum Gasteiger partial charge on any atom is 0.267 e. The number of primary amides is 1. The van der Waals surface area contributed by atoms with Gasteiger partial charge in [-0.3, -0.25) is 24.4 Å². The fraction of sp³-hybridized carbons (Fsp3) is 0.667. The van der Waals surface area contributed by atoms with Crippen molar-refractivity contribution in [2.24, 2.45) is 11.7 Å². The largest absolute Gasteiger partial charge is 0.369 e. The molecule has 0 radical (unpaired) electrons. The van der Waals surface area contributed by atoms with Crippen LogP contribution in [-0.4, -0.2) is 64.5 Å². The molecule has 2 aliphatic rings. The number of carbonyl (C=O) groups is 2. The molecular formula is C15H23N5O3. The number of nitrogens with one attached hydrogen (secondary N) is 2. The van der Waals surface area contributed by atoms with Crippen molar-refractivity contribution < 1.29 is 9.59 Å². The van der Waals surface area contributed by atoms with Crippen LogP contribution in [0.2, 0.25) is 0 Å². The molecule has 2 amide bonds. The summed E-state index contributed by atoms with van der Waals surface area (Å²) >= 11 is 0. The second-order valence-corrected chi connectivity index (χ2v) is 6.38. The minimum atomic E-state index is -0.325. The average molecular weight is 321 g/mol. The number of aromatic nitrogens is 2. The highest BCUT2D eigenvalue weighted by atomic mass is 16.2. The van der Waals surface area contributed by atoms with Gasteiger partial charge in [-0.1, -0.05) is 0 Å². The summed E-state index contributed by atoms with van der Waals surface area (Å²) < 4.78 is 0. The molecule has 1 aromatic rings. The van der Waals surface area contributed by atoms with E-state index >= 15 is 0 Å². The molecule has 1 fully saturated rings. The van der Waals surface area contributed by atoms with Crippen LogP contribution in [0.3, 0.4) is 0 Å². The van der Waals surface area contributed by atoms with E-state index < -0.39 is 0 Å². The van der Waals surface area contributed by atoms with E-state index in [-0.39, 0.29) is 29.8 Å². The monoisotopic (exact) mass is 321 g/mol. The van der Waals surface area contributed by atoms with E-state index in [0.29, 0.717) is 25.9 Å². The molecule has 3 rings (SSSR count). The standard InChI is InChI=1S/C15H23N5O3/c16-13(21)9-19-5-1-10(2-6-19)15(23)20-7-3-11-12(4-8-20)17-18-14(11)22/h10H,1-9H2,(H2,16,21)(H2,17,18,22). The molecule has 1 aromatic heterocycles. The molecule has 0 atom stereocenters. The van der Waals surface area contributed by atoms with Crippen molar-refractivity contribution in [2.75, 3.05) is 32.7 Å². The molecule has 0 aromatic carbocycles. The van der Waals surface area contributed by atoms with Gasteiger partial charge in [0.1, 0.15) is 0 Å². The number of nitrogens with two attached hydrogens (primary N) is 1.